The minimum Gasteiger partial charge on any atom is -0.478 e. The molecule has 0 amide bonds. The summed E-state index contributed by atoms with van der Waals surface area (Å²) in [7, 11) is 1.38. The number of carbonyl (C=O) groups excluding carboxylic acids is 1. The number of methoxy groups -OCH3 is 1. The number of aromatic nitrogens is 2. The van der Waals surface area contributed by atoms with Crippen LogP contribution in [0.3, 0.4) is 0 Å². The summed E-state index contributed by atoms with van der Waals surface area (Å²) in [5.41, 5.74) is 0. The number of ether oxygens (including phenoxy) is 2. The fourth-order valence-corrected chi connectivity index (χ4v) is 1.67. The Morgan fingerprint density at radius 1 is 1.37 bits per heavy atom. The van der Waals surface area contributed by atoms with Crippen LogP contribution in [0, 0.1) is 6.92 Å². The van der Waals surface area contributed by atoms with Crippen molar-refractivity contribution in [3.8, 4) is 5.88 Å². The van der Waals surface area contributed by atoms with Crippen LogP contribution < -0.4 is 9.64 Å². The molecule has 0 radical (unpaired) electrons. The number of esters is 1. The van der Waals surface area contributed by atoms with Gasteiger partial charge in [0.15, 0.2) is 0 Å². The van der Waals surface area contributed by atoms with Crippen molar-refractivity contribution in [2.45, 2.75) is 27.2 Å². The van der Waals surface area contributed by atoms with E-state index in [1.165, 1.54) is 7.11 Å². The molecule has 0 aromatic carbocycles. The van der Waals surface area contributed by atoms with Crippen LogP contribution in [-0.4, -0.2) is 42.7 Å². The van der Waals surface area contributed by atoms with Crippen molar-refractivity contribution < 1.29 is 14.3 Å². The molecule has 0 atom stereocenters. The zero-order valence-corrected chi connectivity index (χ0v) is 12.0. The Morgan fingerprint density at radius 2 is 2.11 bits per heavy atom. The zero-order valence-electron chi connectivity index (χ0n) is 12.0. The molecular weight excluding hydrogens is 246 g/mol. The van der Waals surface area contributed by atoms with Crippen molar-refractivity contribution in [2.75, 3.05) is 31.7 Å². The van der Waals surface area contributed by atoms with Gasteiger partial charge < -0.3 is 14.4 Å². The minimum atomic E-state index is -0.289. The largest absolute Gasteiger partial charge is 0.478 e. The second-order valence-corrected chi connectivity index (χ2v) is 4.04. The summed E-state index contributed by atoms with van der Waals surface area (Å²) in [6, 6.07) is 1.75. The average molecular weight is 267 g/mol. The van der Waals surface area contributed by atoms with Gasteiger partial charge in [0, 0.05) is 12.6 Å². The molecule has 0 aliphatic heterocycles. The second-order valence-electron chi connectivity index (χ2n) is 4.04. The number of aryl methyl sites for hydroxylation is 1. The Hall–Kier alpha value is -1.85. The normalized spacial score (nSPS) is 10.1. The first-order chi connectivity index (χ1) is 9.10. The molecule has 6 nitrogen and oxygen atoms in total. The number of hydrogen-bond donors (Lipinski definition) is 0. The molecule has 0 saturated heterocycles. The number of rotatable bonds is 7. The van der Waals surface area contributed by atoms with Crippen molar-refractivity contribution in [2.24, 2.45) is 0 Å². The summed E-state index contributed by atoms with van der Waals surface area (Å²) in [4.78, 5) is 21.8. The van der Waals surface area contributed by atoms with Gasteiger partial charge in [-0.05, 0) is 20.3 Å². The number of anilines is 1. The average Bonchev–Trinajstić information content (AvgIpc) is 2.37. The topological polar surface area (TPSA) is 64.6 Å². The maximum Gasteiger partial charge on any atom is 0.325 e. The molecule has 0 saturated carbocycles. The van der Waals surface area contributed by atoms with E-state index in [9.17, 15) is 4.79 Å². The predicted molar refractivity (Wildman–Crippen MR) is 72.5 cm³/mol. The van der Waals surface area contributed by atoms with Gasteiger partial charge in [-0.2, -0.15) is 4.98 Å². The van der Waals surface area contributed by atoms with Crippen LogP contribution in [0.4, 0.5) is 5.82 Å². The van der Waals surface area contributed by atoms with Gasteiger partial charge in [0.2, 0.25) is 5.88 Å². The minimum absolute atomic E-state index is 0.173. The first-order valence-corrected chi connectivity index (χ1v) is 6.40. The molecular formula is C13H21N3O3. The van der Waals surface area contributed by atoms with E-state index >= 15 is 0 Å². The lowest BCUT2D eigenvalue weighted by Crippen LogP contribution is -2.32. The fourth-order valence-electron chi connectivity index (χ4n) is 1.67. The monoisotopic (exact) mass is 267 g/mol. The third kappa shape index (κ3) is 4.73. The van der Waals surface area contributed by atoms with Crippen molar-refractivity contribution in [1.82, 2.24) is 9.97 Å². The fraction of sp³-hybridized carbons (Fsp3) is 0.615. The highest BCUT2D eigenvalue weighted by Gasteiger charge is 2.14. The summed E-state index contributed by atoms with van der Waals surface area (Å²) in [5.74, 6) is 1.54. The molecule has 0 bridgehead atoms. The van der Waals surface area contributed by atoms with Crippen LogP contribution in [-0.2, 0) is 9.53 Å². The molecule has 1 heterocycles. The first-order valence-electron chi connectivity index (χ1n) is 6.40. The highest BCUT2D eigenvalue weighted by molar-refractivity contribution is 5.75. The lowest BCUT2D eigenvalue weighted by atomic mass is 10.3. The Morgan fingerprint density at radius 3 is 2.68 bits per heavy atom. The second kappa shape index (κ2) is 7.56. The summed E-state index contributed by atoms with van der Waals surface area (Å²) >= 11 is 0. The van der Waals surface area contributed by atoms with Crippen LogP contribution in [0.5, 0.6) is 5.88 Å². The predicted octanol–water partition coefficient (Wildman–Crippen LogP) is 1.57. The van der Waals surface area contributed by atoms with Gasteiger partial charge in [0.25, 0.3) is 0 Å². The van der Waals surface area contributed by atoms with Gasteiger partial charge in [-0.1, -0.05) is 6.92 Å². The Bertz CT molecular complexity index is 424. The van der Waals surface area contributed by atoms with Gasteiger partial charge >= 0.3 is 5.97 Å². The molecule has 6 heteroatoms. The summed E-state index contributed by atoms with van der Waals surface area (Å²) in [5, 5.41) is 0. The SMILES string of the molecule is CCCN(CC(=O)OC)c1cc(OCC)nc(C)n1. The molecule has 19 heavy (non-hydrogen) atoms. The summed E-state index contributed by atoms with van der Waals surface area (Å²) in [6.07, 6.45) is 0.907. The molecule has 0 spiro atoms. The molecule has 0 N–H and O–H groups in total. The van der Waals surface area contributed by atoms with Crippen molar-refractivity contribution in [3.05, 3.63) is 11.9 Å². The molecule has 1 rings (SSSR count). The van der Waals surface area contributed by atoms with E-state index in [1.54, 1.807) is 13.0 Å². The Balaban J connectivity index is 2.96. The van der Waals surface area contributed by atoms with Crippen molar-refractivity contribution in [1.29, 1.82) is 0 Å². The van der Waals surface area contributed by atoms with Gasteiger partial charge in [-0.25, -0.2) is 4.98 Å². The zero-order chi connectivity index (χ0) is 14.3. The van der Waals surface area contributed by atoms with E-state index in [2.05, 4.69) is 9.97 Å². The quantitative estimate of drug-likeness (QED) is 0.699. The van der Waals surface area contributed by atoms with Crippen LogP contribution in [0.15, 0.2) is 6.07 Å². The smallest absolute Gasteiger partial charge is 0.325 e. The van der Waals surface area contributed by atoms with Crippen LogP contribution in [0.25, 0.3) is 0 Å². The van der Waals surface area contributed by atoms with Gasteiger partial charge in [-0.3, -0.25) is 4.79 Å². The van der Waals surface area contributed by atoms with E-state index in [-0.39, 0.29) is 12.5 Å². The van der Waals surface area contributed by atoms with Gasteiger partial charge in [0.1, 0.15) is 18.2 Å². The molecule has 0 aliphatic rings. The Kier molecular flexibility index (Phi) is 6.05. The summed E-state index contributed by atoms with van der Waals surface area (Å²) in [6.45, 7) is 7.18. The van der Waals surface area contributed by atoms with E-state index in [0.29, 0.717) is 24.1 Å². The van der Waals surface area contributed by atoms with Crippen molar-refractivity contribution >= 4 is 11.8 Å². The standard InChI is InChI=1S/C13H21N3O3/c1-5-7-16(9-13(17)18-4)11-8-12(19-6-2)15-10(3)14-11/h8H,5-7,9H2,1-4H3. The maximum absolute atomic E-state index is 11.4. The number of nitrogens with zero attached hydrogens (tertiary/aromatic N) is 3. The van der Waals surface area contributed by atoms with E-state index in [1.807, 2.05) is 18.7 Å². The molecule has 106 valence electrons. The Labute approximate surface area is 113 Å². The highest BCUT2D eigenvalue weighted by atomic mass is 16.5. The van der Waals surface area contributed by atoms with Crippen molar-refractivity contribution in [3.63, 3.8) is 0 Å². The van der Waals surface area contributed by atoms with Crippen LogP contribution >= 0.6 is 0 Å². The van der Waals surface area contributed by atoms with E-state index in [0.717, 1.165) is 13.0 Å². The van der Waals surface area contributed by atoms with E-state index < -0.39 is 0 Å². The molecule has 0 fully saturated rings. The molecule has 0 unspecified atom stereocenters. The van der Waals surface area contributed by atoms with E-state index in [4.69, 9.17) is 9.47 Å². The molecule has 0 aliphatic carbocycles. The molecule has 1 aromatic rings. The first kappa shape index (κ1) is 15.2. The lowest BCUT2D eigenvalue weighted by molar-refractivity contribution is -0.138. The van der Waals surface area contributed by atoms with Gasteiger partial charge in [0.05, 0.1) is 13.7 Å². The maximum atomic E-state index is 11.4. The number of hydrogen-bond acceptors (Lipinski definition) is 6. The van der Waals surface area contributed by atoms with Crippen LogP contribution in [0.1, 0.15) is 26.1 Å². The summed E-state index contributed by atoms with van der Waals surface area (Å²) < 4.78 is 10.1. The highest BCUT2D eigenvalue weighted by Crippen LogP contribution is 2.18. The van der Waals surface area contributed by atoms with Crippen LogP contribution in [0.2, 0.25) is 0 Å². The molecule has 1 aromatic heterocycles. The number of carbonyl (C=O) groups is 1. The van der Waals surface area contributed by atoms with Gasteiger partial charge in [-0.15, -0.1) is 0 Å². The third-order valence-electron chi connectivity index (χ3n) is 2.46. The third-order valence-corrected chi connectivity index (χ3v) is 2.46. The lowest BCUT2D eigenvalue weighted by Gasteiger charge is -2.22.